The first kappa shape index (κ1) is 14.1. The second kappa shape index (κ2) is 5.79. The van der Waals surface area contributed by atoms with E-state index in [-0.39, 0.29) is 17.1 Å². The average molecular weight is 296 g/mol. The molecule has 3 N–H and O–H groups in total. The van der Waals surface area contributed by atoms with E-state index in [1.807, 2.05) is 0 Å². The zero-order valence-electron chi connectivity index (χ0n) is 10.2. The zero-order chi connectivity index (χ0) is 14.7. The van der Waals surface area contributed by atoms with Crippen LogP contribution in [0.4, 0.5) is 10.1 Å². The summed E-state index contributed by atoms with van der Waals surface area (Å²) in [6.07, 6.45) is 0. The number of hydrogen-bond donors (Lipinski definition) is 3. The van der Waals surface area contributed by atoms with E-state index >= 15 is 0 Å². The van der Waals surface area contributed by atoms with Crippen molar-refractivity contribution in [2.45, 2.75) is 6.54 Å². The molecule has 0 aliphatic carbocycles. The number of para-hydroxylation sites is 1. The van der Waals surface area contributed by atoms with Crippen LogP contribution in [0.15, 0.2) is 36.4 Å². The number of carboxylic acids is 1. The van der Waals surface area contributed by atoms with Gasteiger partial charge in [-0.05, 0) is 24.3 Å². The van der Waals surface area contributed by atoms with Crippen LogP contribution in [0.25, 0.3) is 0 Å². The van der Waals surface area contributed by atoms with E-state index in [1.165, 1.54) is 18.2 Å². The third-order valence-electron chi connectivity index (χ3n) is 2.75. The molecule has 0 bridgehead atoms. The summed E-state index contributed by atoms with van der Waals surface area (Å²) in [5.41, 5.74) is 0.854. The third-order valence-corrected chi connectivity index (χ3v) is 3.08. The molecule has 20 heavy (non-hydrogen) atoms. The zero-order valence-corrected chi connectivity index (χ0v) is 11.0. The van der Waals surface area contributed by atoms with Crippen molar-refractivity contribution in [2.24, 2.45) is 0 Å². The van der Waals surface area contributed by atoms with E-state index in [0.29, 0.717) is 11.3 Å². The molecule has 0 unspecified atom stereocenters. The Hall–Kier alpha value is -2.27. The second-order valence-corrected chi connectivity index (χ2v) is 4.51. The smallest absolute Gasteiger partial charge is 0.337 e. The van der Waals surface area contributed by atoms with Crippen molar-refractivity contribution >= 4 is 23.3 Å². The van der Waals surface area contributed by atoms with Gasteiger partial charge < -0.3 is 15.5 Å². The molecule has 0 saturated carbocycles. The second-order valence-electron chi connectivity index (χ2n) is 4.10. The van der Waals surface area contributed by atoms with Crippen molar-refractivity contribution in [3.8, 4) is 5.75 Å². The largest absolute Gasteiger partial charge is 0.505 e. The van der Waals surface area contributed by atoms with Gasteiger partial charge >= 0.3 is 5.97 Å². The predicted octanol–water partition coefficient (Wildman–Crippen LogP) is 3.50. The predicted molar refractivity (Wildman–Crippen MR) is 73.8 cm³/mol. The van der Waals surface area contributed by atoms with Gasteiger partial charge in [-0.2, -0.15) is 0 Å². The van der Waals surface area contributed by atoms with Crippen molar-refractivity contribution in [3.63, 3.8) is 0 Å². The van der Waals surface area contributed by atoms with E-state index in [2.05, 4.69) is 5.32 Å². The van der Waals surface area contributed by atoms with E-state index in [4.69, 9.17) is 16.7 Å². The quantitative estimate of drug-likeness (QED) is 0.807. The highest BCUT2D eigenvalue weighted by Crippen LogP contribution is 2.24. The Morgan fingerprint density at radius 2 is 2.05 bits per heavy atom. The lowest BCUT2D eigenvalue weighted by molar-refractivity contribution is 0.0697. The number of phenolic OH excluding ortho intramolecular Hbond substituents is 1. The van der Waals surface area contributed by atoms with E-state index in [9.17, 15) is 14.3 Å². The normalized spacial score (nSPS) is 10.3. The lowest BCUT2D eigenvalue weighted by Crippen LogP contribution is -2.03. The van der Waals surface area contributed by atoms with Crippen LogP contribution in [-0.2, 0) is 6.54 Å². The van der Waals surface area contributed by atoms with Crippen molar-refractivity contribution in [2.75, 3.05) is 5.32 Å². The van der Waals surface area contributed by atoms with Gasteiger partial charge in [-0.1, -0.05) is 23.7 Å². The van der Waals surface area contributed by atoms with Crippen molar-refractivity contribution in [1.82, 2.24) is 0 Å². The van der Waals surface area contributed by atoms with Crippen LogP contribution in [0, 0.1) is 5.82 Å². The molecule has 0 radical (unpaired) electrons. The number of phenols is 1. The van der Waals surface area contributed by atoms with Gasteiger partial charge in [0, 0.05) is 17.8 Å². The number of carbonyl (C=O) groups is 1. The summed E-state index contributed by atoms with van der Waals surface area (Å²) in [6.45, 7) is 0.157. The molecular weight excluding hydrogens is 285 g/mol. The maximum Gasteiger partial charge on any atom is 0.337 e. The maximum atomic E-state index is 13.2. The molecular formula is C14H11ClFNO3. The molecule has 2 rings (SSSR count). The molecule has 2 aromatic rings. The molecule has 0 spiro atoms. The monoisotopic (exact) mass is 295 g/mol. The minimum absolute atomic E-state index is 0.0277. The summed E-state index contributed by atoms with van der Waals surface area (Å²) >= 11 is 5.76. The molecule has 0 aliphatic rings. The summed E-state index contributed by atoms with van der Waals surface area (Å²) in [6, 6.07) is 8.64. The van der Waals surface area contributed by atoms with Crippen LogP contribution in [0.1, 0.15) is 15.9 Å². The van der Waals surface area contributed by atoms with Crippen molar-refractivity contribution in [3.05, 3.63) is 58.4 Å². The Bertz CT molecular complexity index is 661. The number of carboxylic acid groups (broad SMARTS) is 1. The Kier molecular flexibility index (Phi) is 4.10. The Morgan fingerprint density at radius 3 is 2.75 bits per heavy atom. The molecule has 0 aromatic heterocycles. The standard InChI is InChI=1S/C14H11ClFNO3/c15-11-5-4-9(6-10(11)14(19)20)17-7-8-2-1-3-12(16)13(8)18/h1-6,17-18H,7H2,(H,19,20). The molecule has 0 amide bonds. The number of aromatic carboxylic acids is 1. The Morgan fingerprint density at radius 1 is 1.30 bits per heavy atom. The van der Waals surface area contributed by atoms with Gasteiger partial charge in [0.05, 0.1) is 10.6 Å². The minimum Gasteiger partial charge on any atom is -0.505 e. The van der Waals surface area contributed by atoms with Crippen LogP contribution in [0.2, 0.25) is 5.02 Å². The number of benzene rings is 2. The number of hydrogen-bond acceptors (Lipinski definition) is 3. The van der Waals surface area contributed by atoms with Crippen LogP contribution >= 0.6 is 11.6 Å². The number of rotatable bonds is 4. The van der Waals surface area contributed by atoms with Crippen LogP contribution in [-0.4, -0.2) is 16.2 Å². The highest BCUT2D eigenvalue weighted by molar-refractivity contribution is 6.33. The fourth-order valence-corrected chi connectivity index (χ4v) is 1.90. The lowest BCUT2D eigenvalue weighted by atomic mass is 10.1. The van der Waals surface area contributed by atoms with Crippen LogP contribution in [0.3, 0.4) is 0 Å². The summed E-state index contributed by atoms with van der Waals surface area (Å²) in [4.78, 5) is 10.9. The third kappa shape index (κ3) is 3.00. The SMILES string of the molecule is O=C(O)c1cc(NCc2cccc(F)c2O)ccc1Cl. The number of anilines is 1. The first-order valence-corrected chi connectivity index (χ1v) is 6.10. The molecule has 0 atom stereocenters. The van der Waals surface area contributed by atoms with Gasteiger partial charge in [0.1, 0.15) is 0 Å². The van der Waals surface area contributed by atoms with E-state index < -0.39 is 17.5 Å². The molecule has 0 fully saturated rings. The summed E-state index contributed by atoms with van der Waals surface area (Å²) in [5, 5.41) is 21.5. The summed E-state index contributed by atoms with van der Waals surface area (Å²) in [7, 11) is 0. The first-order valence-electron chi connectivity index (χ1n) is 5.72. The van der Waals surface area contributed by atoms with Gasteiger partial charge in [-0.25, -0.2) is 9.18 Å². The maximum absolute atomic E-state index is 13.2. The van der Waals surface area contributed by atoms with Gasteiger partial charge in [-0.15, -0.1) is 0 Å². The van der Waals surface area contributed by atoms with E-state index in [0.717, 1.165) is 6.07 Å². The Balaban J connectivity index is 2.17. The number of halogens is 2. The van der Waals surface area contributed by atoms with Gasteiger partial charge in [0.15, 0.2) is 11.6 Å². The molecule has 0 aliphatic heterocycles. The highest BCUT2D eigenvalue weighted by atomic mass is 35.5. The molecule has 104 valence electrons. The minimum atomic E-state index is -1.13. The molecule has 0 heterocycles. The van der Waals surface area contributed by atoms with E-state index in [1.54, 1.807) is 12.1 Å². The van der Waals surface area contributed by atoms with Gasteiger partial charge in [0.2, 0.25) is 0 Å². The number of nitrogens with one attached hydrogen (secondary N) is 1. The molecule has 6 heteroatoms. The lowest BCUT2D eigenvalue weighted by Gasteiger charge is -2.10. The topological polar surface area (TPSA) is 69.6 Å². The Labute approximate surface area is 119 Å². The summed E-state index contributed by atoms with van der Waals surface area (Å²) in [5.74, 6) is -2.26. The van der Waals surface area contributed by atoms with Crippen molar-refractivity contribution in [1.29, 1.82) is 0 Å². The molecule has 2 aromatic carbocycles. The van der Waals surface area contributed by atoms with Gasteiger partial charge in [0.25, 0.3) is 0 Å². The molecule has 4 nitrogen and oxygen atoms in total. The van der Waals surface area contributed by atoms with Crippen LogP contribution in [0.5, 0.6) is 5.75 Å². The fourth-order valence-electron chi connectivity index (χ4n) is 1.70. The number of aromatic hydroxyl groups is 1. The summed E-state index contributed by atoms with van der Waals surface area (Å²) < 4.78 is 13.2. The molecule has 0 saturated heterocycles. The first-order chi connectivity index (χ1) is 9.49. The van der Waals surface area contributed by atoms with Crippen molar-refractivity contribution < 1.29 is 19.4 Å². The highest BCUT2D eigenvalue weighted by Gasteiger charge is 2.10. The average Bonchev–Trinajstić information content (AvgIpc) is 2.41. The fraction of sp³-hybridized carbons (Fsp3) is 0.0714. The van der Waals surface area contributed by atoms with Crippen LogP contribution < -0.4 is 5.32 Å². The van der Waals surface area contributed by atoms with Gasteiger partial charge in [-0.3, -0.25) is 0 Å².